The third-order valence-corrected chi connectivity index (χ3v) is 4.46. The Labute approximate surface area is 129 Å². The van der Waals surface area contributed by atoms with Gasteiger partial charge < -0.3 is 20.0 Å². The molecule has 1 spiro atoms. The molecule has 1 aromatic heterocycles. The Morgan fingerprint density at radius 3 is 2.77 bits per heavy atom. The summed E-state index contributed by atoms with van der Waals surface area (Å²) in [6, 6.07) is -0.108. The first-order valence-electron chi connectivity index (χ1n) is 7.42. The first-order valence-corrected chi connectivity index (χ1v) is 7.42. The van der Waals surface area contributed by atoms with Crippen LogP contribution in [0.15, 0.2) is 12.4 Å². The quantitative estimate of drug-likeness (QED) is 0.758. The van der Waals surface area contributed by atoms with Crippen LogP contribution in [0.1, 0.15) is 6.42 Å². The standard InChI is InChI=1S/C14H22N6O2/c1-17(2)13(22)20-8-12(21)19(11-6-16-18(3)7-11)10-14(20)4-5-15-9-14/h6-7,15H,4-5,8-10H2,1-3H3. The number of aryl methyl sites for hydroxylation is 1. The third kappa shape index (κ3) is 2.33. The van der Waals surface area contributed by atoms with Crippen LogP contribution in [0, 0.1) is 0 Å². The average Bonchev–Trinajstić information content (AvgIpc) is 3.10. The van der Waals surface area contributed by atoms with E-state index in [2.05, 4.69) is 10.4 Å². The summed E-state index contributed by atoms with van der Waals surface area (Å²) in [5.41, 5.74) is 0.446. The Kier molecular flexibility index (Phi) is 3.56. The highest BCUT2D eigenvalue weighted by molar-refractivity contribution is 5.98. The van der Waals surface area contributed by atoms with Crippen molar-refractivity contribution in [1.29, 1.82) is 0 Å². The molecule has 0 radical (unpaired) electrons. The predicted molar refractivity (Wildman–Crippen MR) is 81.6 cm³/mol. The van der Waals surface area contributed by atoms with E-state index >= 15 is 0 Å². The largest absolute Gasteiger partial charge is 0.331 e. The molecule has 2 fully saturated rings. The van der Waals surface area contributed by atoms with Crippen LogP contribution >= 0.6 is 0 Å². The molecule has 1 aromatic rings. The number of hydrogen-bond donors (Lipinski definition) is 1. The van der Waals surface area contributed by atoms with Gasteiger partial charge in [-0.25, -0.2) is 4.79 Å². The molecule has 1 atom stereocenters. The molecule has 0 aromatic carbocycles. The maximum Gasteiger partial charge on any atom is 0.320 e. The minimum atomic E-state index is -0.342. The van der Waals surface area contributed by atoms with E-state index in [4.69, 9.17) is 0 Å². The van der Waals surface area contributed by atoms with Crippen LogP contribution in [0.5, 0.6) is 0 Å². The zero-order valence-corrected chi connectivity index (χ0v) is 13.2. The second-order valence-corrected chi connectivity index (χ2v) is 6.27. The molecular formula is C14H22N6O2. The lowest BCUT2D eigenvalue weighted by Gasteiger charge is -2.48. The van der Waals surface area contributed by atoms with Crippen LogP contribution in [0.3, 0.4) is 0 Å². The molecule has 2 saturated heterocycles. The van der Waals surface area contributed by atoms with Crippen LogP contribution in [-0.2, 0) is 11.8 Å². The highest BCUT2D eigenvalue weighted by atomic mass is 16.2. The Balaban J connectivity index is 1.92. The van der Waals surface area contributed by atoms with Gasteiger partial charge in [-0.3, -0.25) is 9.48 Å². The van der Waals surface area contributed by atoms with Gasteiger partial charge in [0, 0.05) is 33.9 Å². The highest BCUT2D eigenvalue weighted by Crippen LogP contribution is 2.31. The summed E-state index contributed by atoms with van der Waals surface area (Å²) in [5.74, 6) is -0.0688. The molecule has 3 amide bonds. The van der Waals surface area contributed by atoms with E-state index in [1.807, 2.05) is 13.2 Å². The Hall–Kier alpha value is -2.09. The van der Waals surface area contributed by atoms with Gasteiger partial charge in [0.25, 0.3) is 0 Å². The summed E-state index contributed by atoms with van der Waals surface area (Å²) in [6.07, 6.45) is 4.37. The first kappa shape index (κ1) is 14.8. The fraction of sp³-hybridized carbons (Fsp3) is 0.643. The number of anilines is 1. The number of nitrogens with zero attached hydrogens (tertiary/aromatic N) is 5. The van der Waals surface area contributed by atoms with Gasteiger partial charge in [-0.2, -0.15) is 5.10 Å². The second-order valence-electron chi connectivity index (χ2n) is 6.27. The maximum atomic E-state index is 12.5. The number of amides is 3. The van der Waals surface area contributed by atoms with Gasteiger partial charge in [0.15, 0.2) is 0 Å². The van der Waals surface area contributed by atoms with Gasteiger partial charge in [0.1, 0.15) is 6.54 Å². The average molecular weight is 306 g/mol. The molecule has 0 aliphatic carbocycles. The molecular weight excluding hydrogens is 284 g/mol. The summed E-state index contributed by atoms with van der Waals surface area (Å²) >= 11 is 0. The summed E-state index contributed by atoms with van der Waals surface area (Å²) in [5, 5.41) is 7.47. The predicted octanol–water partition coefficient (Wildman–Crippen LogP) is -0.518. The fourth-order valence-corrected chi connectivity index (χ4v) is 3.25. The second kappa shape index (κ2) is 5.28. The molecule has 0 saturated carbocycles. The molecule has 0 bridgehead atoms. The summed E-state index contributed by atoms with van der Waals surface area (Å²) in [6.45, 7) is 2.17. The van der Waals surface area contributed by atoms with Crippen molar-refractivity contribution in [3.05, 3.63) is 12.4 Å². The van der Waals surface area contributed by atoms with Crippen LogP contribution < -0.4 is 10.2 Å². The SMILES string of the molecule is CN(C)C(=O)N1CC(=O)N(c2cnn(C)c2)CC12CCNC2. The lowest BCUT2D eigenvalue weighted by molar-refractivity contribution is -0.123. The van der Waals surface area contributed by atoms with Gasteiger partial charge in [0.2, 0.25) is 5.91 Å². The highest BCUT2D eigenvalue weighted by Gasteiger charge is 2.49. The molecule has 3 heterocycles. The summed E-state index contributed by atoms with van der Waals surface area (Å²) in [4.78, 5) is 30.0. The molecule has 2 aliphatic heterocycles. The van der Waals surface area contributed by atoms with Crippen molar-refractivity contribution in [3.63, 3.8) is 0 Å². The smallest absolute Gasteiger partial charge is 0.320 e. The van der Waals surface area contributed by atoms with E-state index in [0.29, 0.717) is 13.1 Å². The van der Waals surface area contributed by atoms with Crippen molar-refractivity contribution >= 4 is 17.6 Å². The monoisotopic (exact) mass is 306 g/mol. The number of piperazine rings is 1. The molecule has 2 aliphatic rings. The van der Waals surface area contributed by atoms with Crippen molar-refractivity contribution in [1.82, 2.24) is 24.9 Å². The molecule has 8 heteroatoms. The van der Waals surface area contributed by atoms with Gasteiger partial charge >= 0.3 is 6.03 Å². The fourth-order valence-electron chi connectivity index (χ4n) is 3.25. The van der Waals surface area contributed by atoms with Crippen molar-refractivity contribution in [2.24, 2.45) is 7.05 Å². The Morgan fingerprint density at radius 2 is 2.23 bits per heavy atom. The number of rotatable bonds is 1. The molecule has 1 unspecified atom stereocenters. The Bertz CT molecular complexity index is 590. The number of carbonyl (C=O) groups excluding carboxylic acids is 2. The van der Waals surface area contributed by atoms with Crippen LogP contribution in [-0.4, -0.2) is 77.3 Å². The topological polar surface area (TPSA) is 73.7 Å². The molecule has 22 heavy (non-hydrogen) atoms. The number of urea groups is 1. The van der Waals surface area contributed by atoms with E-state index in [1.54, 1.807) is 34.8 Å². The minimum Gasteiger partial charge on any atom is -0.331 e. The van der Waals surface area contributed by atoms with Crippen LogP contribution in [0.2, 0.25) is 0 Å². The van der Waals surface area contributed by atoms with Crippen LogP contribution in [0.25, 0.3) is 0 Å². The maximum absolute atomic E-state index is 12.5. The zero-order chi connectivity index (χ0) is 15.9. The third-order valence-electron chi connectivity index (χ3n) is 4.46. The lowest BCUT2D eigenvalue weighted by Crippen LogP contribution is -2.68. The number of nitrogens with one attached hydrogen (secondary N) is 1. The zero-order valence-electron chi connectivity index (χ0n) is 13.2. The first-order chi connectivity index (χ1) is 10.4. The van der Waals surface area contributed by atoms with E-state index in [9.17, 15) is 9.59 Å². The van der Waals surface area contributed by atoms with E-state index < -0.39 is 0 Å². The van der Waals surface area contributed by atoms with E-state index in [-0.39, 0.29) is 24.0 Å². The molecule has 1 N–H and O–H groups in total. The Morgan fingerprint density at radius 1 is 1.45 bits per heavy atom. The normalized spacial score (nSPS) is 25.1. The molecule has 3 rings (SSSR count). The summed E-state index contributed by atoms with van der Waals surface area (Å²) < 4.78 is 1.68. The summed E-state index contributed by atoms with van der Waals surface area (Å²) in [7, 11) is 5.26. The number of carbonyl (C=O) groups is 2. The van der Waals surface area contributed by atoms with Gasteiger partial charge in [0.05, 0.1) is 24.0 Å². The van der Waals surface area contributed by atoms with Gasteiger partial charge in [-0.15, -0.1) is 0 Å². The van der Waals surface area contributed by atoms with Crippen LogP contribution in [0.4, 0.5) is 10.5 Å². The van der Waals surface area contributed by atoms with Crippen molar-refractivity contribution in [2.75, 3.05) is 45.2 Å². The van der Waals surface area contributed by atoms with Crippen molar-refractivity contribution < 1.29 is 9.59 Å². The van der Waals surface area contributed by atoms with Crippen molar-refractivity contribution in [3.8, 4) is 0 Å². The molecule has 120 valence electrons. The van der Waals surface area contributed by atoms with Gasteiger partial charge in [-0.1, -0.05) is 0 Å². The van der Waals surface area contributed by atoms with Gasteiger partial charge in [-0.05, 0) is 13.0 Å². The van der Waals surface area contributed by atoms with E-state index in [0.717, 1.165) is 18.7 Å². The van der Waals surface area contributed by atoms with Crippen molar-refractivity contribution in [2.45, 2.75) is 12.0 Å². The lowest BCUT2D eigenvalue weighted by atomic mass is 9.92. The van der Waals surface area contributed by atoms with E-state index in [1.165, 1.54) is 4.90 Å². The molecule has 8 nitrogen and oxygen atoms in total. The number of aromatic nitrogens is 2. The number of hydrogen-bond acceptors (Lipinski definition) is 4. The minimum absolute atomic E-state index is 0.0688.